The van der Waals surface area contributed by atoms with Crippen LogP contribution in [0.3, 0.4) is 0 Å². The number of aromatic amines is 1. The number of allylic oxidation sites excluding steroid dienone is 1. The summed E-state index contributed by atoms with van der Waals surface area (Å²) in [7, 11) is 0. The Morgan fingerprint density at radius 2 is 2.07 bits per heavy atom. The number of hydrogen-bond acceptors (Lipinski definition) is 4. The van der Waals surface area contributed by atoms with Gasteiger partial charge in [-0.3, -0.25) is 9.59 Å². The molecule has 1 aromatic carbocycles. The van der Waals surface area contributed by atoms with Gasteiger partial charge in [0, 0.05) is 23.6 Å². The number of aryl methyl sites for hydroxylation is 1. The molecular formula is C22H27N3O2S. The maximum absolute atomic E-state index is 12.4. The molecule has 1 aliphatic carbocycles. The maximum Gasteiger partial charge on any atom is 0.255 e. The van der Waals surface area contributed by atoms with Crippen molar-refractivity contribution < 1.29 is 4.79 Å². The van der Waals surface area contributed by atoms with Gasteiger partial charge in [0.25, 0.3) is 5.56 Å². The lowest BCUT2D eigenvalue weighted by Crippen LogP contribution is -2.30. The summed E-state index contributed by atoms with van der Waals surface area (Å²) in [5.41, 5.74) is 3.43. The van der Waals surface area contributed by atoms with Gasteiger partial charge in [0.1, 0.15) is 0 Å². The first-order valence-electron chi connectivity index (χ1n) is 9.83. The normalized spacial score (nSPS) is 13.8. The third-order valence-electron chi connectivity index (χ3n) is 4.91. The zero-order chi connectivity index (χ0) is 19.8. The van der Waals surface area contributed by atoms with E-state index in [4.69, 9.17) is 0 Å². The summed E-state index contributed by atoms with van der Waals surface area (Å²) >= 11 is 1.49. The summed E-state index contributed by atoms with van der Waals surface area (Å²) in [4.78, 5) is 32.0. The van der Waals surface area contributed by atoms with Crippen LogP contribution in [0.2, 0.25) is 0 Å². The minimum Gasteiger partial charge on any atom is -0.355 e. The molecule has 1 heterocycles. The van der Waals surface area contributed by atoms with Crippen molar-refractivity contribution in [2.75, 3.05) is 6.54 Å². The lowest BCUT2D eigenvalue weighted by molar-refractivity contribution is -0.120. The Bertz CT molecular complexity index is 890. The molecule has 3 rings (SSSR count). The smallest absolute Gasteiger partial charge is 0.255 e. The van der Waals surface area contributed by atoms with E-state index in [1.54, 1.807) is 6.92 Å². The number of carbonyl (C=O) groups is 1. The first kappa shape index (κ1) is 20.4. The average Bonchev–Trinajstić information content (AvgIpc) is 2.71. The number of aromatic nitrogens is 2. The minimum absolute atomic E-state index is 0.0663. The summed E-state index contributed by atoms with van der Waals surface area (Å²) in [5.74, 6) is 0.607. The molecule has 0 fully saturated rings. The molecule has 148 valence electrons. The Hall–Kier alpha value is -2.34. The Balaban J connectivity index is 1.52. The highest BCUT2D eigenvalue weighted by Crippen LogP contribution is 2.20. The topological polar surface area (TPSA) is 74.8 Å². The third kappa shape index (κ3) is 6.09. The summed E-state index contributed by atoms with van der Waals surface area (Å²) in [6, 6.07) is 10.0. The van der Waals surface area contributed by atoms with Crippen molar-refractivity contribution in [1.29, 1.82) is 0 Å². The number of amides is 1. The van der Waals surface area contributed by atoms with Gasteiger partial charge >= 0.3 is 0 Å². The zero-order valence-electron chi connectivity index (χ0n) is 16.3. The van der Waals surface area contributed by atoms with Crippen LogP contribution in [0.5, 0.6) is 0 Å². The third-order valence-corrected chi connectivity index (χ3v) is 5.85. The molecule has 0 bridgehead atoms. The quantitative estimate of drug-likeness (QED) is 0.402. The van der Waals surface area contributed by atoms with E-state index < -0.39 is 0 Å². The van der Waals surface area contributed by atoms with E-state index in [-0.39, 0.29) is 17.9 Å². The molecule has 2 N–H and O–H groups in total. The first-order chi connectivity index (χ1) is 13.6. The van der Waals surface area contributed by atoms with Gasteiger partial charge in [-0.15, -0.1) is 0 Å². The Kier molecular flexibility index (Phi) is 7.48. The summed E-state index contributed by atoms with van der Waals surface area (Å²) in [5, 5.41) is 3.51. The molecule has 0 unspecified atom stereocenters. The fourth-order valence-electron chi connectivity index (χ4n) is 3.30. The van der Waals surface area contributed by atoms with E-state index >= 15 is 0 Å². The van der Waals surface area contributed by atoms with Crippen molar-refractivity contribution in [2.45, 2.75) is 56.4 Å². The molecule has 5 nitrogen and oxygen atoms in total. The number of thioether (sulfide) groups is 1. The van der Waals surface area contributed by atoms with Crippen LogP contribution in [-0.2, 0) is 17.0 Å². The molecule has 6 heteroatoms. The lowest BCUT2D eigenvalue weighted by Gasteiger charge is -2.13. The SMILES string of the molecule is Cc1nc(SCc2ccccc2)[nH]c(=O)c1CC(=O)NCCC1=CCCCC1. The molecule has 28 heavy (non-hydrogen) atoms. The highest BCUT2D eigenvalue weighted by molar-refractivity contribution is 7.98. The van der Waals surface area contributed by atoms with Crippen molar-refractivity contribution in [2.24, 2.45) is 0 Å². The predicted octanol–water partition coefficient (Wildman–Crippen LogP) is 3.92. The molecule has 0 radical (unpaired) electrons. The van der Waals surface area contributed by atoms with Crippen LogP contribution in [0.1, 0.15) is 48.9 Å². The highest BCUT2D eigenvalue weighted by Gasteiger charge is 2.13. The summed E-state index contributed by atoms with van der Waals surface area (Å²) in [6.45, 7) is 2.41. The van der Waals surface area contributed by atoms with Crippen LogP contribution in [0.15, 0.2) is 51.9 Å². The number of nitrogens with one attached hydrogen (secondary N) is 2. The number of carbonyl (C=O) groups excluding carboxylic acids is 1. The van der Waals surface area contributed by atoms with Crippen LogP contribution in [0.25, 0.3) is 0 Å². The van der Waals surface area contributed by atoms with Crippen LogP contribution < -0.4 is 10.9 Å². The summed E-state index contributed by atoms with van der Waals surface area (Å²) < 4.78 is 0. The lowest BCUT2D eigenvalue weighted by atomic mass is 9.97. The Morgan fingerprint density at radius 1 is 1.25 bits per heavy atom. The molecule has 1 amide bonds. The van der Waals surface area contributed by atoms with E-state index in [1.165, 1.54) is 35.7 Å². The molecule has 0 spiro atoms. The fourth-order valence-corrected chi connectivity index (χ4v) is 4.17. The molecule has 1 aromatic heterocycles. The van der Waals surface area contributed by atoms with Gasteiger partial charge in [0.05, 0.1) is 6.42 Å². The molecule has 0 saturated heterocycles. The number of hydrogen-bond donors (Lipinski definition) is 2. The second kappa shape index (κ2) is 10.3. The zero-order valence-corrected chi connectivity index (χ0v) is 17.1. The van der Waals surface area contributed by atoms with Gasteiger partial charge < -0.3 is 10.3 Å². The largest absolute Gasteiger partial charge is 0.355 e. The molecule has 1 aliphatic rings. The van der Waals surface area contributed by atoms with Crippen molar-refractivity contribution in [1.82, 2.24) is 15.3 Å². The van der Waals surface area contributed by atoms with Crippen molar-refractivity contribution >= 4 is 17.7 Å². The number of benzene rings is 1. The van der Waals surface area contributed by atoms with Gasteiger partial charge in [-0.2, -0.15) is 0 Å². The van der Waals surface area contributed by atoms with Gasteiger partial charge in [-0.25, -0.2) is 4.98 Å². The Morgan fingerprint density at radius 3 is 2.79 bits per heavy atom. The first-order valence-corrected chi connectivity index (χ1v) is 10.8. The van der Waals surface area contributed by atoms with Gasteiger partial charge in [0.2, 0.25) is 5.91 Å². The summed E-state index contributed by atoms with van der Waals surface area (Å²) in [6.07, 6.45) is 8.06. The molecule has 0 atom stereocenters. The van der Waals surface area contributed by atoms with E-state index in [0.29, 0.717) is 23.0 Å². The van der Waals surface area contributed by atoms with Crippen LogP contribution >= 0.6 is 11.8 Å². The molecular weight excluding hydrogens is 370 g/mol. The van der Waals surface area contributed by atoms with Crippen LogP contribution in [0.4, 0.5) is 0 Å². The van der Waals surface area contributed by atoms with Crippen molar-refractivity contribution in [3.63, 3.8) is 0 Å². The van der Waals surface area contributed by atoms with Gasteiger partial charge in [-0.05, 0) is 44.6 Å². The van der Waals surface area contributed by atoms with Crippen LogP contribution in [-0.4, -0.2) is 22.4 Å². The van der Waals surface area contributed by atoms with E-state index in [2.05, 4.69) is 21.4 Å². The Labute approximate surface area is 170 Å². The number of nitrogens with zero attached hydrogens (tertiary/aromatic N) is 1. The molecule has 2 aromatic rings. The minimum atomic E-state index is -0.229. The van der Waals surface area contributed by atoms with E-state index in [1.807, 2.05) is 30.3 Å². The number of rotatable bonds is 8. The second-order valence-electron chi connectivity index (χ2n) is 7.09. The number of H-pyrrole nitrogens is 1. The maximum atomic E-state index is 12.4. The van der Waals surface area contributed by atoms with E-state index in [9.17, 15) is 9.59 Å². The van der Waals surface area contributed by atoms with Gasteiger partial charge in [0.15, 0.2) is 5.16 Å². The average molecular weight is 398 g/mol. The van der Waals surface area contributed by atoms with Crippen molar-refractivity contribution in [3.05, 3.63) is 69.2 Å². The molecule has 0 aliphatic heterocycles. The van der Waals surface area contributed by atoms with E-state index in [0.717, 1.165) is 25.0 Å². The highest BCUT2D eigenvalue weighted by atomic mass is 32.2. The molecule has 0 saturated carbocycles. The monoisotopic (exact) mass is 397 g/mol. The fraction of sp³-hybridized carbons (Fsp3) is 0.409. The predicted molar refractivity (Wildman–Crippen MR) is 113 cm³/mol. The van der Waals surface area contributed by atoms with Gasteiger partial charge in [-0.1, -0.05) is 53.7 Å². The second-order valence-corrected chi connectivity index (χ2v) is 8.06. The standard InChI is InChI=1S/C22H27N3O2S/c1-16-19(14-20(26)23-13-12-17-8-4-2-5-9-17)21(27)25-22(24-16)28-15-18-10-6-3-7-11-18/h3,6-8,10-11H,2,4-5,9,12-15H2,1H3,(H,23,26)(H,24,25,27). The van der Waals surface area contributed by atoms with Crippen LogP contribution in [0, 0.1) is 6.92 Å². The van der Waals surface area contributed by atoms with Crippen molar-refractivity contribution in [3.8, 4) is 0 Å².